The van der Waals surface area contributed by atoms with Crippen LogP contribution in [0.1, 0.15) is 21.1 Å². The summed E-state index contributed by atoms with van der Waals surface area (Å²) in [6, 6.07) is 10.1. The maximum Gasteiger partial charge on any atom is 0.270 e. The largest absolute Gasteiger partial charge is 0.379 e. The number of hydrogen-bond donors (Lipinski definition) is 1. The summed E-state index contributed by atoms with van der Waals surface area (Å²) in [6.45, 7) is 4.83. The van der Waals surface area contributed by atoms with Gasteiger partial charge < -0.3 is 10.1 Å². The molecule has 1 aromatic heterocycles. The molecule has 1 aliphatic heterocycles. The van der Waals surface area contributed by atoms with Gasteiger partial charge in [-0.3, -0.25) is 9.69 Å². The van der Waals surface area contributed by atoms with E-state index in [1.165, 1.54) is 5.56 Å². The Kier molecular flexibility index (Phi) is 5.74. The van der Waals surface area contributed by atoms with Gasteiger partial charge in [-0.25, -0.2) is 4.98 Å². The number of benzene rings is 1. The molecular weight excluding hydrogens is 310 g/mol. The molecule has 122 valence electrons. The second kappa shape index (κ2) is 8.19. The lowest BCUT2D eigenvalue weighted by Crippen LogP contribution is -2.35. The third-order valence-electron chi connectivity index (χ3n) is 3.79. The number of nitrogens with zero attached hydrogens (tertiary/aromatic N) is 2. The second-order valence-corrected chi connectivity index (χ2v) is 6.45. The standard InChI is InChI=1S/C17H21N3O2S/c21-17(18-7-6-14-4-2-1-3-5-14)15-13-23-16(19-15)12-20-8-10-22-11-9-20/h1-5,13H,6-12H2,(H,18,21). The van der Waals surface area contributed by atoms with Crippen LogP contribution in [0.25, 0.3) is 0 Å². The normalized spacial score (nSPS) is 15.5. The zero-order valence-corrected chi connectivity index (χ0v) is 13.8. The first kappa shape index (κ1) is 16.1. The number of rotatable bonds is 6. The van der Waals surface area contributed by atoms with E-state index in [1.807, 2.05) is 23.6 Å². The Bertz CT molecular complexity index is 624. The minimum absolute atomic E-state index is 0.0922. The molecule has 5 nitrogen and oxygen atoms in total. The van der Waals surface area contributed by atoms with Crippen LogP contribution >= 0.6 is 11.3 Å². The molecule has 1 N–H and O–H groups in total. The van der Waals surface area contributed by atoms with Crippen molar-refractivity contribution in [2.75, 3.05) is 32.8 Å². The van der Waals surface area contributed by atoms with Crippen LogP contribution in [0, 0.1) is 0 Å². The van der Waals surface area contributed by atoms with Gasteiger partial charge in [-0.15, -0.1) is 11.3 Å². The van der Waals surface area contributed by atoms with Gasteiger partial charge >= 0.3 is 0 Å². The molecule has 2 aromatic rings. The van der Waals surface area contributed by atoms with Crippen molar-refractivity contribution in [3.8, 4) is 0 Å². The van der Waals surface area contributed by atoms with Crippen molar-refractivity contribution in [1.82, 2.24) is 15.2 Å². The van der Waals surface area contributed by atoms with Crippen LogP contribution in [0.15, 0.2) is 35.7 Å². The molecule has 2 heterocycles. The average molecular weight is 331 g/mol. The lowest BCUT2D eigenvalue weighted by Gasteiger charge is -2.25. The third-order valence-corrected chi connectivity index (χ3v) is 4.62. The van der Waals surface area contributed by atoms with Crippen LogP contribution in [0.2, 0.25) is 0 Å². The van der Waals surface area contributed by atoms with Gasteiger partial charge in [0.15, 0.2) is 0 Å². The van der Waals surface area contributed by atoms with E-state index >= 15 is 0 Å². The van der Waals surface area contributed by atoms with Gasteiger partial charge in [-0.1, -0.05) is 30.3 Å². The highest BCUT2D eigenvalue weighted by molar-refractivity contribution is 7.09. The Labute approximate surface area is 140 Å². The molecule has 0 bridgehead atoms. The highest BCUT2D eigenvalue weighted by Gasteiger charge is 2.15. The quantitative estimate of drug-likeness (QED) is 0.879. The summed E-state index contributed by atoms with van der Waals surface area (Å²) in [6.07, 6.45) is 0.831. The Hall–Kier alpha value is -1.76. The molecule has 0 radical (unpaired) electrons. The minimum Gasteiger partial charge on any atom is -0.379 e. The molecule has 1 amide bonds. The van der Waals surface area contributed by atoms with E-state index < -0.39 is 0 Å². The van der Waals surface area contributed by atoms with E-state index in [0.29, 0.717) is 12.2 Å². The zero-order valence-electron chi connectivity index (χ0n) is 13.0. The Balaban J connectivity index is 1.46. The molecule has 0 spiro atoms. The third kappa shape index (κ3) is 4.86. The summed E-state index contributed by atoms with van der Waals surface area (Å²) in [5, 5.41) is 5.76. The number of hydrogen-bond acceptors (Lipinski definition) is 5. The van der Waals surface area contributed by atoms with Gasteiger partial charge in [0.25, 0.3) is 5.91 Å². The van der Waals surface area contributed by atoms with Crippen molar-refractivity contribution < 1.29 is 9.53 Å². The SMILES string of the molecule is O=C(NCCc1ccccc1)c1csc(CN2CCOCC2)n1. The van der Waals surface area contributed by atoms with Gasteiger partial charge in [0.05, 0.1) is 19.8 Å². The summed E-state index contributed by atoms with van der Waals surface area (Å²) < 4.78 is 5.34. The molecule has 1 saturated heterocycles. The van der Waals surface area contributed by atoms with Crippen molar-refractivity contribution in [2.45, 2.75) is 13.0 Å². The lowest BCUT2D eigenvalue weighted by atomic mass is 10.1. The maximum absolute atomic E-state index is 12.1. The number of morpholine rings is 1. The summed E-state index contributed by atoms with van der Waals surface area (Å²) in [4.78, 5) is 18.9. The van der Waals surface area contributed by atoms with E-state index in [0.717, 1.165) is 44.3 Å². The van der Waals surface area contributed by atoms with Crippen LogP contribution in [-0.4, -0.2) is 48.6 Å². The number of nitrogens with one attached hydrogen (secondary N) is 1. The molecule has 6 heteroatoms. The second-order valence-electron chi connectivity index (χ2n) is 5.51. The van der Waals surface area contributed by atoms with Crippen molar-refractivity contribution >= 4 is 17.2 Å². The number of carbonyl (C=O) groups excluding carboxylic acids is 1. The topological polar surface area (TPSA) is 54.5 Å². The molecule has 1 fully saturated rings. The molecule has 23 heavy (non-hydrogen) atoms. The molecule has 0 unspecified atom stereocenters. The summed E-state index contributed by atoms with van der Waals surface area (Å²) in [5.74, 6) is -0.0922. The number of carbonyl (C=O) groups is 1. The van der Waals surface area contributed by atoms with Gasteiger partial charge in [-0.05, 0) is 12.0 Å². The fourth-order valence-electron chi connectivity index (χ4n) is 2.49. The van der Waals surface area contributed by atoms with E-state index in [1.54, 1.807) is 11.3 Å². The molecule has 3 rings (SSSR count). The van der Waals surface area contributed by atoms with E-state index in [2.05, 4.69) is 27.3 Å². The van der Waals surface area contributed by atoms with Gasteiger partial charge in [-0.2, -0.15) is 0 Å². The van der Waals surface area contributed by atoms with Crippen LogP contribution in [-0.2, 0) is 17.7 Å². The van der Waals surface area contributed by atoms with Crippen LogP contribution in [0.4, 0.5) is 0 Å². The first-order valence-corrected chi connectivity index (χ1v) is 8.76. The van der Waals surface area contributed by atoms with Crippen LogP contribution in [0.3, 0.4) is 0 Å². The van der Waals surface area contributed by atoms with Crippen molar-refractivity contribution in [2.24, 2.45) is 0 Å². The zero-order chi connectivity index (χ0) is 15.9. The molecule has 0 atom stereocenters. The predicted molar refractivity (Wildman–Crippen MR) is 90.7 cm³/mol. The fraction of sp³-hybridized carbons (Fsp3) is 0.412. The van der Waals surface area contributed by atoms with E-state index in [4.69, 9.17) is 4.74 Å². The lowest BCUT2D eigenvalue weighted by molar-refractivity contribution is 0.0341. The van der Waals surface area contributed by atoms with Gasteiger partial charge in [0.1, 0.15) is 10.7 Å². The maximum atomic E-state index is 12.1. The number of thiazole rings is 1. The molecule has 0 saturated carbocycles. The highest BCUT2D eigenvalue weighted by atomic mass is 32.1. The van der Waals surface area contributed by atoms with Crippen molar-refractivity contribution in [3.63, 3.8) is 0 Å². The molecule has 0 aliphatic carbocycles. The Morgan fingerprint density at radius 2 is 2.04 bits per heavy atom. The number of amides is 1. The summed E-state index contributed by atoms with van der Waals surface area (Å²) in [5.41, 5.74) is 1.74. The van der Waals surface area contributed by atoms with Crippen molar-refractivity contribution in [3.05, 3.63) is 52.0 Å². The van der Waals surface area contributed by atoms with E-state index in [9.17, 15) is 4.79 Å². The van der Waals surface area contributed by atoms with Crippen molar-refractivity contribution in [1.29, 1.82) is 0 Å². The fourth-order valence-corrected chi connectivity index (χ4v) is 3.31. The van der Waals surface area contributed by atoms with Crippen LogP contribution in [0.5, 0.6) is 0 Å². The molecule has 1 aromatic carbocycles. The summed E-state index contributed by atoms with van der Waals surface area (Å²) >= 11 is 1.55. The van der Waals surface area contributed by atoms with E-state index in [-0.39, 0.29) is 5.91 Å². The Morgan fingerprint density at radius 1 is 1.26 bits per heavy atom. The number of ether oxygens (including phenoxy) is 1. The minimum atomic E-state index is -0.0922. The monoisotopic (exact) mass is 331 g/mol. The first-order chi connectivity index (χ1) is 11.3. The van der Waals surface area contributed by atoms with Crippen LogP contribution < -0.4 is 5.32 Å². The van der Waals surface area contributed by atoms with Gasteiger partial charge in [0.2, 0.25) is 0 Å². The average Bonchev–Trinajstić information content (AvgIpc) is 3.05. The number of aromatic nitrogens is 1. The molecular formula is C17H21N3O2S. The highest BCUT2D eigenvalue weighted by Crippen LogP contribution is 2.13. The summed E-state index contributed by atoms with van der Waals surface area (Å²) in [7, 11) is 0. The Morgan fingerprint density at radius 3 is 2.83 bits per heavy atom. The first-order valence-electron chi connectivity index (χ1n) is 7.88. The predicted octanol–water partition coefficient (Wildman–Crippen LogP) is 1.95. The molecule has 1 aliphatic rings. The van der Waals surface area contributed by atoms with Gasteiger partial charge in [0, 0.05) is 25.0 Å². The smallest absolute Gasteiger partial charge is 0.270 e.